The van der Waals surface area contributed by atoms with Gasteiger partial charge in [-0.3, -0.25) is 4.90 Å². The highest BCUT2D eigenvalue weighted by Crippen LogP contribution is 2.32. The number of aliphatic hydroxyl groups excluding tert-OH is 3. The molecule has 2 rings (SSSR count). The largest absolute Gasteiger partial charge is 0.395 e. The molecule has 1 saturated heterocycles. The molecule has 1 aliphatic heterocycles. The standard InChI is InChI=1S/C15H29NO3/c1-2-11-3-5-12(6-4-11)8-16-9-15(19)14(18)7-13(16)10-17/h11-15,17-19H,2-10H2,1H3/t11?,12?,13-,14?,15+/m1/s1. The summed E-state index contributed by atoms with van der Waals surface area (Å²) >= 11 is 0. The Kier molecular flexibility index (Phi) is 5.63. The Bertz CT molecular complexity index is 266. The molecular formula is C15H29NO3. The number of rotatable bonds is 4. The van der Waals surface area contributed by atoms with Crippen molar-refractivity contribution in [1.29, 1.82) is 0 Å². The van der Waals surface area contributed by atoms with Gasteiger partial charge in [-0.25, -0.2) is 0 Å². The van der Waals surface area contributed by atoms with Crippen molar-refractivity contribution in [3.8, 4) is 0 Å². The number of hydrogen-bond donors (Lipinski definition) is 3. The quantitative estimate of drug-likeness (QED) is 0.713. The van der Waals surface area contributed by atoms with E-state index in [0.29, 0.717) is 18.9 Å². The van der Waals surface area contributed by atoms with Gasteiger partial charge in [-0.15, -0.1) is 0 Å². The van der Waals surface area contributed by atoms with Crippen molar-refractivity contribution in [2.45, 2.75) is 63.7 Å². The fourth-order valence-electron chi connectivity index (χ4n) is 3.66. The molecule has 0 radical (unpaired) electrons. The van der Waals surface area contributed by atoms with Crippen LogP contribution in [0.1, 0.15) is 45.4 Å². The lowest BCUT2D eigenvalue weighted by Gasteiger charge is -2.42. The summed E-state index contributed by atoms with van der Waals surface area (Å²) in [5.74, 6) is 1.60. The Morgan fingerprint density at radius 3 is 2.21 bits per heavy atom. The van der Waals surface area contributed by atoms with E-state index in [0.717, 1.165) is 12.5 Å². The number of aliphatic hydroxyl groups is 3. The Morgan fingerprint density at radius 2 is 1.63 bits per heavy atom. The van der Waals surface area contributed by atoms with E-state index in [4.69, 9.17) is 0 Å². The maximum absolute atomic E-state index is 9.80. The minimum atomic E-state index is -0.677. The van der Waals surface area contributed by atoms with Crippen LogP contribution in [-0.4, -0.2) is 58.2 Å². The summed E-state index contributed by atoms with van der Waals surface area (Å²) in [6.07, 6.45) is 5.63. The molecule has 2 fully saturated rings. The van der Waals surface area contributed by atoms with E-state index < -0.39 is 12.2 Å². The molecule has 0 amide bonds. The van der Waals surface area contributed by atoms with E-state index in [1.807, 2.05) is 0 Å². The van der Waals surface area contributed by atoms with Crippen LogP contribution in [0.15, 0.2) is 0 Å². The third-order valence-corrected chi connectivity index (χ3v) is 5.14. The average Bonchev–Trinajstić information content (AvgIpc) is 2.43. The first-order valence-electron chi connectivity index (χ1n) is 7.85. The van der Waals surface area contributed by atoms with Crippen LogP contribution in [0, 0.1) is 11.8 Å². The summed E-state index contributed by atoms with van der Waals surface area (Å²) in [4.78, 5) is 2.19. The molecular weight excluding hydrogens is 242 g/mol. The van der Waals surface area contributed by atoms with Gasteiger partial charge in [-0.2, -0.15) is 0 Å². The Hall–Kier alpha value is -0.160. The van der Waals surface area contributed by atoms with E-state index in [9.17, 15) is 15.3 Å². The number of likely N-dealkylation sites (tertiary alicyclic amines) is 1. The minimum Gasteiger partial charge on any atom is -0.395 e. The van der Waals surface area contributed by atoms with Crippen molar-refractivity contribution < 1.29 is 15.3 Å². The molecule has 0 aromatic rings. The molecule has 0 aromatic heterocycles. The van der Waals surface area contributed by atoms with E-state index in [1.54, 1.807) is 0 Å². The van der Waals surface area contributed by atoms with Gasteiger partial charge in [0.05, 0.1) is 18.8 Å². The lowest BCUT2D eigenvalue weighted by atomic mass is 9.80. The zero-order chi connectivity index (χ0) is 13.8. The zero-order valence-electron chi connectivity index (χ0n) is 12.0. The third kappa shape index (κ3) is 3.91. The number of hydrogen-bond acceptors (Lipinski definition) is 4. The van der Waals surface area contributed by atoms with Crippen LogP contribution in [-0.2, 0) is 0 Å². The fraction of sp³-hybridized carbons (Fsp3) is 1.00. The molecule has 2 aliphatic rings. The van der Waals surface area contributed by atoms with Gasteiger partial charge < -0.3 is 15.3 Å². The highest BCUT2D eigenvalue weighted by Gasteiger charge is 2.34. The van der Waals surface area contributed by atoms with Gasteiger partial charge in [0.15, 0.2) is 0 Å². The van der Waals surface area contributed by atoms with Crippen LogP contribution in [0.4, 0.5) is 0 Å². The van der Waals surface area contributed by atoms with Gasteiger partial charge >= 0.3 is 0 Å². The van der Waals surface area contributed by atoms with E-state index in [2.05, 4.69) is 11.8 Å². The molecule has 3 atom stereocenters. The summed E-state index contributed by atoms with van der Waals surface area (Å²) in [6, 6.07) is 0.0160. The smallest absolute Gasteiger partial charge is 0.0926 e. The van der Waals surface area contributed by atoms with Gasteiger partial charge in [0.2, 0.25) is 0 Å². The Balaban J connectivity index is 1.83. The SMILES string of the molecule is CCC1CCC(CN2C[C@H](O)C(O)C[C@@H]2CO)CC1. The summed E-state index contributed by atoms with van der Waals surface area (Å²) in [7, 11) is 0. The summed E-state index contributed by atoms with van der Waals surface area (Å²) in [5.41, 5.74) is 0. The second kappa shape index (κ2) is 7.02. The first kappa shape index (κ1) is 15.2. The lowest BCUT2D eigenvalue weighted by Crippen LogP contribution is -2.54. The summed E-state index contributed by atoms with van der Waals surface area (Å²) in [6.45, 7) is 3.81. The van der Waals surface area contributed by atoms with Crippen molar-refractivity contribution in [2.75, 3.05) is 19.7 Å². The van der Waals surface area contributed by atoms with Crippen LogP contribution in [0.2, 0.25) is 0 Å². The molecule has 3 N–H and O–H groups in total. The zero-order valence-corrected chi connectivity index (χ0v) is 12.0. The molecule has 1 aliphatic carbocycles. The molecule has 4 nitrogen and oxygen atoms in total. The van der Waals surface area contributed by atoms with Crippen molar-refractivity contribution in [3.63, 3.8) is 0 Å². The highest BCUT2D eigenvalue weighted by molar-refractivity contribution is 4.88. The summed E-state index contributed by atoms with van der Waals surface area (Å²) < 4.78 is 0. The maximum Gasteiger partial charge on any atom is 0.0926 e. The molecule has 1 unspecified atom stereocenters. The van der Waals surface area contributed by atoms with E-state index in [-0.39, 0.29) is 12.6 Å². The predicted molar refractivity (Wildman–Crippen MR) is 74.8 cm³/mol. The first-order chi connectivity index (χ1) is 9.13. The monoisotopic (exact) mass is 271 g/mol. The van der Waals surface area contributed by atoms with Crippen LogP contribution in [0.3, 0.4) is 0 Å². The second-order valence-electron chi connectivity index (χ2n) is 6.46. The highest BCUT2D eigenvalue weighted by atomic mass is 16.3. The second-order valence-corrected chi connectivity index (χ2v) is 6.46. The fourth-order valence-corrected chi connectivity index (χ4v) is 3.66. The Morgan fingerprint density at radius 1 is 1.00 bits per heavy atom. The van der Waals surface area contributed by atoms with Gasteiger partial charge in [0.1, 0.15) is 0 Å². The van der Waals surface area contributed by atoms with Crippen LogP contribution >= 0.6 is 0 Å². The topological polar surface area (TPSA) is 63.9 Å². The van der Waals surface area contributed by atoms with Gasteiger partial charge in [0.25, 0.3) is 0 Å². The number of nitrogens with zero attached hydrogens (tertiary/aromatic N) is 1. The predicted octanol–water partition coefficient (Wildman–Crippen LogP) is 0.991. The van der Waals surface area contributed by atoms with Crippen LogP contribution in [0.5, 0.6) is 0 Å². The van der Waals surface area contributed by atoms with E-state index >= 15 is 0 Å². The van der Waals surface area contributed by atoms with Crippen LogP contribution in [0.25, 0.3) is 0 Å². The normalized spacial score (nSPS) is 41.4. The van der Waals surface area contributed by atoms with Crippen molar-refractivity contribution in [3.05, 3.63) is 0 Å². The van der Waals surface area contributed by atoms with E-state index in [1.165, 1.54) is 32.1 Å². The molecule has 0 bridgehead atoms. The van der Waals surface area contributed by atoms with Gasteiger partial charge in [-0.05, 0) is 31.1 Å². The third-order valence-electron chi connectivity index (χ3n) is 5.14. The first-order valence-corrected chi connectivity index (χ1v) is 7.85. The van der Waals surface area contributed by atoms with Crippen molar-refractivity contribution in [1.82, 2.24) is 4.90 Å². The Labute approximate surface area is 116 Å². The lowest BCUT2D eigenvalue weighted by molar-refractivity contribution is -0.0760. The summed E-state index contributed by atoms with van der Waals surface area (Å²) in [5, 5.41) is 28.9. The molecule has 0 aromatic carbocycles. The molecule has 112 valence electrons. The molecule has 1 saturated carbocycles. The minimum absolute atomic E-state index is 0.0160. The number of β-amino-alcohol motifs (C(OH)–C–C–N with tert-alkyl or cyclic N) is 1. The van der Waals surface area contributed by atoms with Gasteiger partial charge in [0, 0.05) is 19.1 Å². The number of piperidine rings is 1. The molecule has 19 heavy (non-hydrogen) atoms. The van der Waals surface area contributed by atoms with Gasteiger partial charge in [-0.1, -0.05) is 26.2 Å². The average molecular weight is 271 g/mol. The molecule has 1 heterocycles. The van der Waals surface area contributed by atoms with Crippen LogP contribution < -0.4 is 0 Å². The maximum atomic E-state index is 9.80. The van der Waals surface area contributed by atoms with Crippen molar-refractivity contribution >= 4 is 0 Å². The molecule has 4 heteroatoms. The van der Waals surface area contributed by atoms with Crippen molar-refractivity contribution in [2.24, 2.45) is 11.8 Å². The molecule has 0 spiro atoms.